The van der Waals surface area contributed by atoms with E-state index in [2.05, 4.69) is 10.2 Å². The number of nitro benzene ring substituents is 1. The van der Waals surface area contributed by atoms with E-state index in [1.165, 1.54) is 18.2 Å². The van der Waals surface area contributed by atoms with Crippen molar-refractivity contribution in [2.24, 2.45) is 0 Å². The number of rotatable bonds is 4. The highest BCUT2D eigenvalue weighted by atomic mass is 32.1. The molecule has 0 saturated carbocycles. The monoisotopic (exact) mass is 422 g/mol. The number of anilines is 1. The van der Waals surface area contributed by atoms with E-state index in [0.29, 0.717) is 16.1 Å². The molecule has 30 heavy (non-hydrogen) atoms. The molecule has 9 nitrogen and oxygen atoms in total. The van der Waals surface area contributed by atoms with Crippen LogP contribution in [0.4, 0.5) is 10.8 Å². The van der Waals surface area contributed by atoms with Crippen LogP contribution in [0.1, 0.15) is 22.2 Å². The smallest absolute Gasteiger partial charge is 0.301 e. The molecular formula is C20H14N4O5S. The van der Waals surface area contributed by atoms with Gasteiger partial charge in [-0.3, -0.25) is 24.6 Å². The number of non-ortho nitro benzene ring substituents is 1. The summed E-state index contributed by atoms with van der Waals surface area (Å²) < 4.78 is 0. The summed E-state index contributed by atoms with van der Waals surface area (Å²) in [5.41, 5.74) is 0.277. The Labute approximate surface area is 174 Å². The molecule has 0 bridgehead atoms. The van der Waals surface area contributed by atoms with Crippen LogP contribution in [0.5, 0.6) is 0 Å². The Kier molecular flexibility index (Phi) is 4.84. The first-order chi connectivity index (χ1) is 14.4. The number of nitro groups is 1. The van der Waals surface area contributed by atoms with Crippen molar-refractivity contribution in [3.63, 3.8) is 0 Å². The molecular weight excluding hydrogens is 408 g/mol. The summed E-state index contributed by atoms with van der Waals surface area (Å²) in [6.07, 6.45) is 0. The van der Waals surface area contributed by atoms with Crippen molar-refractivity contribution in [2.75, 3.05) is 4.90 Å². The minimum atomic E-state index is -1.09. The maximum Gasteiger partial charge on any atom is 0.301 e. The van der Waals surface area contributed by atoms with Gasteiger partial charge in [0.05, 0.1) is 16.5 Å². The fraction of sp³-hybridized carbons (Fsp3) is 0.100. The molecule has 0 unspecified atom stereocenters. The standard InChI is InChI=1S/C20H14N4O5S/c1-11-21-22-20(30-11)23-16(13-8-5-9-14(10-13)24(28)29)15(18(26)19(23)27)17(25)12-6-3-2-4-7-12/h2-10,16,25H,1H3/b17-15+/t16-/m0/s1. The molecule has 3 aromatic rings. The first-order valence-electron chi connectivity index (χ1n) is 8.79. The molecule has 1 fully saturated rings. The lowest BCUT2D eigenvalue weighted by atomic mass is 9.95. The quantitative estimate of drug-likeness (QED) is 0.224. The molecule has 2 aromatic carbocycles. The summed E-state index contributed by atoms with van der Waals surface area (Å²) in [6.45, 7) is 1.70. The van der Waals surface area contributed by atoms with Crippen LogP contribution >= 0.6 is 11.3 Å². The third-order valence-electron chi connectivity index (χ3n) is 4.61. The van der Waals surface area contributed by atoms with E-state index in [-0.39, 0.29) is 22.2 Å². The zero-order chi connectivity index (χ0) is 21.4. The van der Waals surface area contributed by atoms with Gasteiger partial charge in [-0.15, -0.1) is 10.2 Å². The first-order valence-corrected chi connectivity index (χ1v) is 9.61. The number of hydrogen-bond donors (Lipinski definition) is 1. The first kappa shape index (κ1) is 19.4. The van der Waals surface area contributed by atoms with Gasteiger partial charge in [-0.05, 0) is 12.5 Å². The maximum atomic E-state index is 12.9. The van der Waals surface area contributed by atoms with Crippen molar-refractivity contribution in [3.8, 4) is 0 Å². The number of aromatic nitrogens is 2. The molecule has 1 amide bonds. The van der Waals surface area contributed by atoms with Crippen LogP contribution in [0.3, 0.4) is 0 Å². The molecule has 0 aliphatic carbocycles. The number of amides is 1. The highest BCUT2D eigenvalue weighted by molar-refractivity contribution is 7.15. The van der Waals surface area contributed by atoms with E-state index in [0.717, 1.165) is 16.2 Å². The van der Waals surface area contributed by atoms with Gasteiger partial charge in [0.25, 0.3) is 11.5 Å². The Morgan fingerprint density at radius 1 is 1.13 bits per heavy atom. The summed E-state index contributed by atoms with van der Waals surface area (Å²) in [5, 5.41) is 30.8. The van der Waals surface area contributed by atoms with Gasteiger partial charge in [0.1, 0.15) is 10.8 Å². The lowest BCUT2D eigenvalue weighted by Crippen LogP contribution is -2.29. The molecule has 2 heterocycles. The topological polar surface area (TPSA) is 127 Å². The van der Waals surface area contributed by atoms with Crippen molar-refractivity contribution in [1.29, 1.82) is 0 Å². The average Bonchev–Trinajstić information content (AvgIpc) is 3.29. The van der Waals surface area contributed by atoms with Gasteiger partial charge in [-0.1, -0.05) is 53.8 Å². The van der Waals surface area contributed by atoms with Crippen molar-refractivity contribution in [3.05, 3.63) is 86.4 Å². The minimum absolute atomic E-state index is 0.165. The van der Waals surface area contributed by atoms with E-state index in [4.69, 9.17) is 0 Å². The average molecular weight is 422 g/mol. The number of carbonyl (C=O) groups excluding carboxylic acids is 2. The second kappa shape index (κ2) is 7.48. The van der Waals surface area contributed by atoms with Crippen LogP contribution in [0.2, 0.25) is 0 Å². The molecule has 1 aromatic heterocycles. The lowest BCUT2D eigenvalue weighted by molar-refractivity contribution is -0.384. The van der Waals surface area contributed by atoms with Gasteiger partial charge in [-0.25, -0.2) is 0 Å². The molecule has 0 spiro atoms. The SMILES string of the molecule is Cc1nnc(N2C(=O)C(=O)/C(=C(/O)c3ccccc3)[C@@H]2c2cccc([N+](=O)[O-])c2)s1. The zero-order valence-corrected chi connectivity index (χ0v) is 16.4. The van der Waals surface area contributed by atoms with Gasteiger partial charge in [0.2, 0.25) is 5.13 Å². The van der Waals surface area contributed by atoms with Crippen molar-refractivity contribution >= 4 is 39.6 Å². The molecule has 1 saturated heterocycles. The van der Waals surface area contributed by atoms with E-state index < -0.39 is 22.7 Å². The number of aryl methyl sites for hydroxylation is 1. The largest absolute Gasteiger partial charge is 0.507 e. The summed E-state index contributed by atoms with van der Waals surface area (Å²) in [7, 11) is 0. The molecule has 1 aliphatic heterocycles. The summed E-state index contributed by atoms with van der Waals surface area (Å²) in [6, 6.07) is 12.8. The fourth-order valence-electron chi connectivity index (χ4n) is 3.29. The van der Waals surface area contributed by atoms with Crippen molar-refractivity contribution < 1.29 is 19.6 Å². The minimum Gasteiger partial charge on any atom is -0.507 e. The fourth-order valence-corrected chi connectivity index (χ4v) is 4.00. The molecule has 4 rings (SSSR count). The maximum absolute atomic E-state index is 12.9. The van der Waals surface area contributed by atoms with E-state index in [1.807, 2.05) is 0 Å². The third-order valence-corrected chi connectivity index (χ3v) is 5.45. The van der Waals surface area contributed by atoms with Crippen LogP contribution in [0.15, 0.2) is 60.2 Å². The van der Waals surface area contributed by atoms with E-state index >= 15 is 0 Å². The van der Waals surface area contributed by atoms with Gasteiger partial charge in [-0.2, -0.15) is 0 Å². The highest BCUT2D eigenvalue weighted by Gasteiger charge is 2.48. The summed E-state index contributed by atoms with van der Waals surface area (Å²) >= 11 is 1.10. The third kappa shape index (κ3) is 3.22. The normalized spacial score (nSPS) is 18.0. The van der Waals surface area contributed by atoms with E-state index in [1.54, 1.807) is 43.3 Å². The number of nitrogens with zero attached hydrogens (tertiary/aromatic N) is 4. The Morgan fingerprint density at radius 2 is 1.87 bits per heavy atom. The van der Waals surface area contributed by atoms with Crippen molar-refractivity contribution in [2.45, 2.75) is 13.0 Å². The summed E-state index contributed by atoms with van der Waals surface area (Å²) in [5.74, 6) is -2.16. The Bertz CT molecular complexity index is 1200. The second-order valence-electron chi connectivity index (χ2n) is 6.49. The predicted molar refractivity (Wildman–Crippen MR) is 109 cm³/mol. The number of hydrogen-bond acceptors (Lipinski definition) is 8. The van der Waals surface area contributed by atoms with Crippen LogP contribution in [-0.4, -0.2) is 31.9 Å². The van der Waals surface area contributed by atoms with Gasteiger partial charge >= 0.3 is 5.91 Å². The Balaban J connectivity index is 1.97. The molecule has 1 atom stereocenters. The van der Waals surface area contributed by atoms with Gasteiger partial charge in [0.15, 0.2) is 0 Å². The lowest BCUT2D eigenvalue weighted by Gasteiger charge is -2.22. The zero-order valence-electron chi connectivity index (χ0n) is 15.6. The van der Waals surface area contributed by atoms with Gasteiger partial charge in [0, 0.05) is 17.7 Å². The van der Waals surface area contributed by atoms with Crippen LogP contribution in [0, 0.1) is 17.0 Å². The number of benzene rings is 2. The Hall–Kier alpha value is -3.92. The number of Topliss-reactive ketones (excluding diaryl/α,β-unsaturated/α-hetero) is 1. The number of aliphatic hydroxyl groups excluding tert-OH is 1. The summed E-state index contributed by atoms with van der Waals surface area (Å²) in [4.78, 5) is 37.6. The molecule has 10 heteroatoms. The Morgan fingerprint density at radius 3 is 2.50 bits per heavy atom. The molecule has 0 radical (unpaired) electrons. The molecule has 150 valence electrons. The predicted octanol–water partition coefficient (Wildman–Crippen LogP) is 3.38. The molecule has 1 N–H and O–H groups in total. The highest BCUT2D eigenvalue weighted by Crippen LogP contribution is 2.43. The van der Waals surface area contributed by atoms with E-state index in [9.17, 15) is 24.8 Å². The number of carbonyl (C=O) groups is 2. The number of aliphatic hydroxyl groups is 1. The van der Waals surface area contributed by atoms with Gasteiger partial charge < -0.3 is 5.11 Å². The van der Waals surface area contributed by atoms with Crippen LogP contribution < -0.4 is 4.90 Å². The van der Waals surface area contributed by atoms with Crippen LogP contribution in [0.25, 0.3) is 5.76 Å². The van der Waals surface area contributed by atoms with Crippen molar-refractivity contribution in [1.82, 2.24) is 10.2 Å². The molecule has 1 aliphatic rings. The van der Waals surface area contributed by atoms with Crippen LogP contribution in [-0.2, 0) is 9.59 Å². The second-order valence-corrected chi connectivity index (χ2v) is 7.65. The number of ketones is 1.